The number of benzene rings is 2. The smallest absolute Gasteiger partial charge is 0.416 e. The maximum absolute atomic E-state index is 13.3. The maximum atomic E-state index is 13.3. The molecule has 0 aromatic heterocycles. The van der Waals surface area contributed by atoms with Crippen LogP contribution >= 0.6 is 0 Å². The van der Waals surface area contributed by atoms with Crippen LogP contribution in [0.5, 0.6) is 11.5 Å². The average molecular weight is 458 g/mol. The largest absolute Gasteiger partial charge is 0.454 e. The van der Waals surface area contributed by atoms with Crippen molar-refractivity contribution < 1.29 is 22.7 Å². The van der Waals surface area contributed by atoms with E-state index in [4.69, 9.17) is 4.74 Å². The Morgan fingerprint density at radius 1 is 1.24 bits per heavy atom. The zero-order valence-corrected chi connectivity index (χ0v) is 18.4. The average Bonchev–Trinajstić information content (AvgIpc) is 2.92. The number of urea groups is 1. The molecule has 4 rings (SSSR count). The van der Waals surface area contributed by atoms with Gasteiger partial charge in [0.1, 0.15) is 17.3 Å². The maximum Gasteiger partial charge on any atom is 0.416 e. The summed E-state index contributed by atoms with van der Waals surface area (Å²) in [5, 5.41) is 2.79. The summed E-state index contributed by atoms with van der Waals surface area (Å²) in [4.78, 5) is 20.8. The Balaban J connectivity index is 1.71. The molecule has 1 atom stereocenters. The zero-order valence-electron chi connectivity index (χ0n) is 18.4. The third-order valence-electron chi connectivity index (χ3n) is 5.69. The van der Waals surface area contributed by atoms with Crippen molar-refractivity contribution in [2.75, 3.05) is 26.2 Å². The molecule has 9 heteroatoms. The van der Waals surface area contributed by atoms with Crippen LogP contribution in [0.3, 0.4) is 0 Å². The quantitative estimate of drug-likeness (QED) is 0.637. The van der Waals surface area contributed by atoms with E-state index in [1.54, 1.807) is 17.0 Å². The molecule has 0 aliphatic carbocycles. The van der Waals surface area contributed by atoms with Gasteiger partial charge in [-0.1, -0.05) is 17.7 Å². The van der Waals surface area contributed by atoms with E-state index in [1.807, 2.05) is 30.9 Å². The molecule has 1 fully saturated rings. The second kappa shape index (κ2) is 8.80. The highest BCUT2D eigenvalue weighted by atomic mass is 19.4. The molecule has 0 unspecified atom stereocenters. The van der Waals surface area contributed by atoms with E-state index in [0.29, 0.717) is 43.3 Å². The van der Waals surface area contributed by atoms with Gasteiger partial charge in [0.05, 0.1) is 11.1 Å². The van der Waals surface area contributed by atoms with Crippen LogP contribution in [0.2, 0.25) is 0 Å². The molecule has 0 radical (unpaired) electrons. The van der Waals surface area contributed by atoms with Crippen molar-refractivity contribution in [3.63, 3.8) is 0 Å². The van der Waals surface area contributed by atoms with Crippen LogP contribution in [0.15, 0.2) is 54.0 Å². The summed E-state index contributed by atoms with van der Waals surface area (Å²) in [6, 6.07) is 8.60. The van der Waals surface area contributed by atoms with Crippen molar-refractivity contribution in [3.05, 3.63) is 65.7 Å². The molecule has 1 N–H and O–H groups in total. The first-order valence-electron chi connectivity index (χ1n) is 10.7. The number of amidine groups is 1. The fourth-order valence-corrected chi connectivity index (χ4v) is 4.02. The minimum absolute atomic E-state index is 0.118. The van der Waals surface area contributed by atoms with Gasteiger partial charge in [0.2, 0.25) is 0 Å². The summed E-state index contributed by atoms with van der Waals surface area (Å²) < 4.78 is 46.0. The van der Waals surface area contributed by atoms with Crippen molar-refractivity contribution in [2.45, 2.75) is 26.1 Å². The predicted molar refractivity (Wildman–Crippen MR) is 120 cm³/mol. The van der Waals surface area contributed by atoms with E-state index in [0.717, 1.165) is 17.7 Å². The Morgan fingerprint density at radius 2 is 2.00 bits per heavy atom. The van der Waals surface area contributed by atoms with E-state index >= 15 is 0 Å². The number of carbonyl (C=O) groups is 1. The number of hydrogen-bond donors (Lipinski definition) is 1. The van der Waals surface area contributed by atoms with Crippen molar-refractivity contribution in [1.82, 2.24) is 15.1 Å². The van der Waals surface area contributed by atoms with Gasteiger partial charge in [-0.3, -0.25) is 0 Å². The summed E-state index contributed by atoms with van der Waals surface area (Å²) in [5.41, 5.74) is 1.01. The van der Waals surface area contributed by atoms with E-state index < -0.39 is 11.7 Å². The van der Waals surface area contributed by atoms with Crippen molar-refractivity contribution in [3.8, 4) is 11.5 Å². The van der Waals surface area contributed by atoms with Gasteiger partial charge in [-0.2, -0.15) is 13.2 Å². The fraction of sp³-hybridized carbons (Fsp3) is 0.333. The minimum atomic E-state index is -4.49. The number of alkyl halides is 3. The lowest BCUT2D eigenvalue weighted by Crippen LogP contribution is -2.57. The summed E-state index contributed by atoms with van der Waals surface area (Å²) >= 11 is 0. The first kappa shape index (κ1) is 22.7. The van der Waals surface area contributed by atoms with Gasteiger partial charge < -0.3 is 19.9 Å². The van der Waals surface area contributed by atoms with Crippen molar-refractivity contribution in [2.24, 2.45) is 4.99 Å². The molecule has 6 nitrogen and oxygen atoms in total. The monoisotopic (exact) mass is 458 g/mol. The molecule has 174 valence electrons. The van der Waals surface area contributed by atoms with Crippen molar-refractivity contribution in [1.29, 1.82) is 0 Å². The SMILES string of the molecule is C=CCNC(=O)N1CCN(C2=Nc3cc(C(F)(F)F)ccc3Oc3ccc(C)cc32)C[C@H]1C. The van der Waals surface area contributed by atoms with Crippen LogP contribution in [-0.4, -0.2) is 53.9 Å². The Kier molecular flexibility index (Phi) is 6.05. The van der Waals surface area contributed by atoms with Gasteiger partial charge in [0.15, 0.2) is 5.75 Å². The Bertz CT molecular complexity index is 1110. The summed E-state index contributed by atoms with van der Waals surface area (Å²) in [7, 11) is 0. The highest BCUT2D eigenvalue weighted by Gasteiger charge is 2.34. The number of hydrogen-bond acceptors (Lipinski definition) is 4. The number of halogens is 3. The topological polar surface area (TPSA) is 57.2 Å². The third-order valence-corrected chi connectivity index (χ3v) is 5.69. The molecular formula is C24H25F3N4O2. The van der Waals surface area contributed by atoms with Crippen LogP contribution in [0.4, 0.5) is 23.7 Å². The molecule has 2 aliphatic rings. The van der Waals surface area contributed by atoms with Crippen LogP contribution in [0.1, 0.15) is 23.6 Å². The van der Waals surface area contributed by atoms with Crippen LogP contribution in [-0.2, 0) is 6.18 Å². The minimum Gasteiger partial charge on any atom is -0.454 e. The number of aliphatic imine (C=N–C) groups is 1. The predicted octanol–water partition coefficient (Wildman–Crippen LogP) is 5.10. The van der Waals surface area contributed by atoms with Crippen LogP contribution in [0.25, 0.3) is 0 Å². The summed E-state index contributed by atoms with van der Waals surface area (Å²) in [5.74, 6) is 1.32. The third kappa shape index (κ3) is 4.67. The van der Waals surface area contributed by atoms with Gasteiger partial charge in [-0.25, -0.2) is 9.79 Å². The standard InChI is InChI=1S/C24H25F3N4O2/c1-4-9-28-23(32)31-11-10-30(14-16(31)3)22-18-12-15(2)5-7-20(18)33-21-8-6-17(24(25,26)27)13-19(21)29-22/h4-8,12-13,16H,1,9-11,14H2,2-3H3,(H,28,32)/t16-/m1/s1. The molecule has 0 spiro atoms. The normalized spacial score (nSPS) is 17.8. The lowest BCUT2D eigenvalue weighted by atomic mass is 10.1. The molecule has 1 saturated heterocycles. The van der Waals surface area contributed by atoms with Crippen LogP contribution in [0, 0.1) is 6.92 Å². The van der Waals surface area contributed by atoms with Gasteiger partial charge in [0, 0.05) is 32.2 Å². The Labute approximate surface area is 190 Å². The lowest BCUT2D eigenvalue weighted by Gasteiger charge is -2.41. The number of fused-ring (bicyclic) bond motifs is 2. The van der Waals surface area contributed by atoms with Gasteiger partial charge in [0.25, 0.3) is 0 Å². The van der Waals surface area contributed by atoms with E-state index in [9.17, 15) is 18.0 Å². The molecule has 0 saturated carbocycles. The van der Waals surface area contributed by atoms with E-state index in [-0.39, 0.29) is 23.5 Å². The van der Waals surface area contributed by atoms with E-state index in [2.05, 4.69) is 16.9 Å². The molecule has 2 aliphatic heterocycles. The number of ether oxygens (including phenoxy) is 1. The summed E-state index contributed by atoms with van der Waals surface area (Å²) in [6.45, 7) is 9.24. The number of aryl methyl sites for hydroxylation is 1. The van der Waals surface area contributed by atoms with Gasteiger partial charge >= 0.3 is 12.2 Å². The second-order valence-electron chi connectivity index (χ2n) is 8.18. The molecule has 2 aromatic carbocycles. The molecule has 2 aromatic rings. The zero-order chi connectivity index (χ0) is 23.8. The highest BCUT2D eigenvalue weighted by molar-refractivity contribution is 6.04. The van der Waals surface area contributed by atoms with E-state index in [1.165, 1.54) is 6.07 Å². The Hall–Kier alpha value is -3.49. The Morgan fingerprint density at radius 3 is 2.70 bits per heavy atom. The number of rotatable bonds is 2. The first-order chi connectivity index (χ1) is 15.7. The van der Waals surface area contributed by atoms with Gasteiger partial charge in [-0.05, 0) is 44.2 Å². The molecule has 2 amide bonds. The number of amides is 2. The highest BCUT2D eigenvalue weighted by Crippen LogP contribution is 2.42. The molecule has 33 heavy (non-hydrogen) atoms. The number of piperazine rings is 1. The number of nitrogens with one attached hydrogen (secondary N) is 1. The molecular weight excluding hydrogens is 433 g/mol. The summed E-state index contributed by atoms with van der Waals surface area (Å²) in [6.07, 6.45) is -2.87. The fourth-order valence-electron chi connectivity index (χ4n) is 4.02. The lowest BCUT2D eigenvalue weighted by molar-refractivity contribution is -0.137. The number of carbonyl (C=O) groups excluding carboxylic acids is 1. The van der Waals surface area contributed by atoms with Gasteiger partial charge in [-0.15, -0.1) is 6.58 Å². The molecule has 2 heterocycles. The second-order valence-corrected chi connectivity index (χ2v) is 8.18. The van der Waals surface area contributed by atoms with Crippen LogP contribution < -0.4 is 10.1 Å². The first-order valence-corrected chi connectivity index (χ1v) is 10.7. The molecule has 0 bridgehead atoms. The number of nitrogens with zero attached hydrogens (tertiary/aromatic N) is 3. The van der Waals surface area contributed by atoms with Crippen molar-refractivity contribution >= 4 is 17.6 Å².